The van der Waals surface area contributed by atoms with E-state index in [4.69, 9.17) is 23.2 Å². The van der Waals surface area contributed by atoms with Gasteiger partial charge in [-0.2, -0.15) is 0 Å². The van der Waals surface area contributed by atoms with Gasteiger partial charge in [0.1, 0.15) is 0 Å². The van der Waals surface area contributed by atoms with Crippen LogP contribution in [-0.4, -0.2) is 13.0 Å². The molecule has 1 amide bonds. The molecule has 0 heterocycles. The van der Waals surface area contributed by atoms with Gasteiger partial charge in [0.25, 0.3) is 0 Å². The number of likely N-dealkylation sites (N-methyl/N-ethyl adjacent to an activating group) is 1. The van der Waals surface area contributed by atoms with Gasteiger partial charge in [-0.3, -0.25) is 4.79 Å². The summed E-state index contributed by atoms with van der Waals surface area (Å²) in [5.74, 6) is -0.320. The van der Waals surface area contributed by atoms with Crippen molar-refractivity contribution in [2.24, 2.45) is 0 Å². The Balaban J connectivity index is 3.01. The van der Waals surface area contributed by atoms with Gasteiger partial charge in [0.05, 0.1) is 5.92 Å². The van der Waals surface area contributed by atoms with Gasteiger partial charge in [0.2, 0.25) is 5.91 Å². The van der Waals surface area contributed by atoms with Crippen LogP contribution in [0.15, 0.2) is 18.2 Å². The molecular weight excluding hydrogens is 221 g/mol. The standard InChI is InChI=1S/C10H11Cl2NO/c1-6(10(14)13-2)8-4-3-7(11)5-9(8)12/h3-6H,1-2H3,(H,13,14). The molecule has 14 heavy (non-hydrogen) atoms. The molecule has 0 aliphatic rings. The van der Waals surface area contributed by atoms with Crippen LogP contribution in [0.5, 0.6) is 0 Å². The maximum atomic E-state index is 11.3. The van der Waals surface area contributed by atoms with Crippen LogP contribution in [0, 0.1) is 0 Å². The quantitative estimate of drug-likeness (QED) is 0.834. The Morgan fingerprint density at radius 2 is 2.07 bits per heavy atom. The normalized spacial score (nSPS) is 12.3. The summed E-state index contributed by atoms with van der Waals surface area (Å²) in [5.41, 5.74) is 0.787. The highest BCUT2D eigenvalue weighted by atomic mass is 35.5. The molecule has 1 rings (SSSR count). The summed E-state index contributed by atoms with van der Waals surface area (Å²) in [4.78, 5) is 11.3. The SMILES string of the molecule is CNC(=O)C(C)c1ccc(Cl)cc1Cl. The Morgan fingerprint density at radius 3 is 2.57 bits per heavy atom. The largest absolute Gasteiger partial charge is 0.359 e. The minimum atomic E-state index is -0.259. The Hall–Kier alpha value is -0.730. The van der Waals surface area contributed by atoms with Crippen LogP contribution in [0.25, 0.3) is 0 Å². The molecule has 1 unspecified atom stereocenters. The van der Waals surface area contributed by atoms with Crippen LogP contribution in [-0.2, 0) is 4.79 Å². The average molecular weight is 232 g/mol. The first-order valence-corrected chi connectivity index (χ1v) is 4.98. The lowest BCUT2D eigenvalue weighted by atomic mass is 10.0. The monoisotopic (exact) mass is 231 g/mol. The zero-order valence-electron chi connectivity index (χ0n) is 7.97. The lowest BCUT2D eigenvalue weighted by Gasteiger charge is -2.11. The first-order valence-electron chi connectivity index (χ1n) is 4.22. The molecule has 76 valence electrons. The Morgan fingerprint density at radius 1 is 1.43 bits per heavy atom. The third kappa shape index (κ3) is 2.40. The maximum absolute atomic E-state index is 11.3. The molecule has 0 spiro atoms. The number of nitrogens with one attached hydrogen (secondary N) is 1. The fourth-order valence-electron chi connectivity index (χ4n) is 1.21. The third-order valence-electron chi connectivity index (χ3n) is 2.07. The number of halogens is 2. The second-order valence-corrected chi connectivity index (χ2v) is 3.85. The molecule has 1 aromatic carbocycles. The van der Waals surface area contributed by atoms with Crippen molar-refractivity contribution in [2.45, 2.75) is 12.8 Å². The minimum absolute atomic E-state index is 0.0609. The topological polar surface area (TPSA) is 29.1 Å². The zero-order valence-corrected chi connectivity index (χ0v) is 9.49. The highest BCUT2D eigenvalue weighted by Crippen LogP contribution is 2.27. The molecule has 0 saturated carbocycles. The molecular formula is C10H11Cl2NO. The number of carbonyl (C=O) groups is 1. The zero-order chi connectivity index (χ0) is 10.7. The second-order valence-electron chi connectivity index (χ2n) is 3.00. The molecule has 0 saturated heterocycles. The van der Waals surface area contributed by atoms with E-state index in [0.717, 1.165) is 5.56 Å². The van der Waals surface area contributed by atoms with Crippen molar-refractivity contribution in [3.8, 4) is 0 Å². The summed E-state index contributed by atoms with van der Waals surface area (Å²) in [6.45, 7) is 1.80. The highest BCUT2D eigenvalue weighted by Gasteiger charge is 2.16. The molecule has 0 aromatic heterocycles. The molecule has 0 aliphatic carbocycles. The third-order valence-corrected chi connectivity index (χ3v) is 2.63. The van der Waals surface area contributed by atoms with Gasteiger partial charge in [0.15, 0.2) is 0 Å². The average Bonchev–Trinajstić information content (AvgIpc) is 2.15. The van der Waals surface area contributed by atoms with Crippen LogP contribution in [0.2, 0.25) is 10.0 Å². The van der Waals surface area contributed by atoms with Gasteiger partial charge in [0, 0.05) is 17.1 Å². The molecule has 1 atom stereocenters. The first-order chi connectivity index (χ1) is 6.56. The number of hydrogen-bond acceptors (Lipinski definition) is 1. The minimum Gasteiger partial charge on any atom is -0.359 e. The number of hydrogen-bond donors (Lipinski definition) is 1. The summed E-state index contributed by atoms with van der Waals surface area (Å²) in [6, 6.07) is 5.13. The molecule has 0 bridgehead atoms. The summed E-state index contributed by atoms with van der Waals surface area (Å²) in [6.07, 6.45) is 0. The van der Waals surface area contributed by atoms with Crippen molar-refractivity contribution in [3.05, 3.63) is 33.8 Å². The first kappa shape index (κ1) is 11.3. The summed E-state index contributed by atoms with van der Waals surface area (Å²) in [7, 11) is 1.60. The van der Waals surface area contributed by atoms with Gasteiger partial charge in [-0.1, -0.05) is 29.3 Å². The van der Waals surface area contributed by atoms with Crippen molar-refractivity contribution < 1.29 is 4.79 Å². The molecule has 0 aliphatic heterocycles. The van der Waals surface area contributed by atoms with Crippen molar-refractivity contribution >= 4 is 29.1 Å². The number of carbonyl (C=O) groups excluding carboxylic acids is 1. The predicted octanol–water partition coefficient (Wildman–Crippen LogP) is 2.84. The molecule has 1 N–H and O–H groups in total. The molecule has 4 heteroatoms. The van der Waals surface area contributed by atoms with E-state index in [1.54, 1.807) is 32.2 Å². The lowest BCUT2D eigenvalue weighted by Crippen LogP contribution is -2.23. The van der Waals surface area contributed by atoms with E-state index in [0.29, 0.717) is 10.0 Å². The van der Waals surface area contributed by atoms with Crippen molar-refractivity contribution in [1.82, 2.24) is 5.32 Å². The van der Waals surface area contributed by atoms with Crippen LogP contribution in [0.3, 0.4) is 0 Å². The van der Waals surface area contributed by atoms with Gasteiger partial charge >= 0.3 is 0 Å². The summed E-state index contributed by atoms with van der Waals surface area (Å²) >= 11 is 11.7. The van der Waals surface area contributed by atoms with Crippen LogP contribution in [0.1, 0.15) is 18.4 Å². The van der Waals surface area contributed by atoms with Gasteiger partial charge in [-0.15, -0.1) is 0 Å². The van der Waals surface area contributed by atoms with Gasteiger partial charge < -0.3 is 5.32 Å². The fourth-order valence-corrected chi connectivity index (χ4v) is 1.78. The highest BCUT2D eigenvalue weighted by molar-refractivity contribution is 6.35. The van der Waals surface area contributed by atoms with E-state index in [2.05, 4.69) is 5.32 Å². The smallest absolute Gasteiger partial charge is 0.227 e. The van der Waals surface area contributed by atoms with Gasteiger partial charge in [-0.25, -0.2) is 0 Å². The van der Waals surface area contributed by atoms with E-state index >= 15 is 0 Å². The fraction of sp³-hybridized carbons (Fsp3) is 0.300. The van der Waals surface area contributed by atoms with Crippen LogP contribution < -0.4 is 5.32 Å². The Bertz CT molecular complexity index is 352. The number of benzene rings is 1. The second kappa shape index (κ2) is 4.67. The summed E-state index contributed by atoms with van der Waals surface area (Å²) < 4.78 is 0. The van der Waals surface area contributed by atoms with Crippen molar-refractivity contribution in [3.63, 3.8) is 0 Å². The van der Waals surface area contributed by atoms with Crippen molar-refractivity contribution in [2.75, 3.05) is 7.05 Å². The van der Waals surface area contributed by atoms with E-state index in [-0.39, 0.29) is 11.8 Å². The molecule has 2 nitrogen and oxygen atoms in total. The maximum Gasteiger partial charge on any atom is 0.227 e. The van der Waals surface area contributed by atoms with Crippen LogP contribution in [0.4, 0.5) is 0 Å². The van der Waals surface area contributed by atoms with E-state index in [1.165, 1.54) is 0 Å². The molecule has 1 aromatic rings. The molecule has 0 radical (unpaired) electrons. The number of rotatable bonds is 2. The molecule has 0 fully saturated rings. The predicted molar refractivity (Wildman–Crippen MR) is 58.9 cm³/mol. The van der Waals surface area contributed by atoms with E-state index in [9.17, 15) is 4.79 Å². The number of amides is 1. The van der Waals surface area contributed by atoms with Crippen molar-refractivity contribution in [1.29, 1.82) is 0 Å². The van der Waals surface area contributed by atoms with E-state index < -0.39 is 0 Å². The Kier molecular flexibility index (Phi) is 3.78. The lowest BCUT2D eigenvalue weighted by molar-refractivity contribution is -0.121. The van der Waals surface area contributed by atoms with Crippen LogP contribution >= 0.6 is 23.2 Å². The Labute approximate surface area is 93.2 Å². The van der Waals surface area contributed by atoms with E-state index in [1.807, 2.05) is 0 Å². The van der Waals surface area contributed by atoms with Gasteiger partial charge in [-0.05, 0) is 24.6 Å². The summed E-state index contributed by atoms with van der Waals surface area (Å²) in [5, 5.41) is 3.67.